The van der Waals surface area contributed by atoms with Gasteiger partial charge in [0.25, 0.3) is 0 Å². The molecule has 3 rings (SSSR count). The van der Waals surface area contributed by atoms with E-state index in [1.807, 2.05) is 24.0 Å². The molecule has 3 aromatic carbocycles. The van der Waals surface area contributed by atoms with Gasteiger partial charge in [0, 0.05) is 6.42 Å². The van der Waals surface area contributed by atoms with E-state index in [2.05, 4.69) is 91.9 Å². The molecule has 0 fully saturated rings. The van der Waals surface area contributed by atoms with Crippen LogP contribution in [-0.4, -0.2) is 11.6 Å². The van der Waals surface area contributed by atoms with Crippen molar-refractivity contribution in [1.29, 1.82) is 0 Å². The zero-order valence-electron chi connectivity index (χ0n) is 17.1. The van der Waals surface area contributed by atoms with Gasteiger partial charge in [-0.05, 0) is 41.4 Å². The molecule has 0 saturated heterocycles. The van der Waals surface area contributed by atoms with Crippen molar-refractivity contribution in [3.63, 3.8) is 0 Å². The average Bonchev–Trinajstić information content (AvgIpc) is 2.79. The molecule has 3 aromatic rings. The van der Waals surface area contributed by atoms with E-state index in [1.165, 1.54) is 15.9 Å². The number of hydrogen-bond acceptors (Lipinski definition) is 1. The van der Waals surface area contributed by atoms with Crippen LogP contribution in [0.3, 0.4) is 0 Å². The molecule has 1 nitrogen and oxygen atoms in total. The van der Waals surface area contributed by atoms with Crippen LogP contribution in [0, 0.1) is 0 Å². The second kappa shape index (κ2) is 10.8. The highest BCUT2D eigenvalue weighted by Gasteiger charge is 2.25. The number of rotatable bonds is 9. The minimum absolute atomic E-state index is 0.219. The van der Waals surface area contributed by atoms with Crippen molar-refractivity contribution in [2.24, 2.45) is 0 Å². The van der Waals surface area contributed by atoms with Gasteiger partial charge in [-0.3, -0.25) is 4.79 Å². The molecule has 0 heterocycles. The van der Waals surface area contributed by atoms with Crippen LogP contribution in [0.4, 0.5) is 0 Å². The van der Waals surface area contributed by atoms with E-state index in [0.717, 1.165) is 19.3 Å². The Hall–Kier alpha value is -2.63. The van der Waals surface area contributed by atoms with Crippen LogP contribution in [0.2, 0.25) is 0 Å². The summed E-state index contributed by atoms with van der Waals surface area (Å²) in [6.45, 7) is -0.00103. The summed E-state index contributed by atoms with van der Waals surface area (Å²) in [5.41, 5.74) is 0. The van der Waals surface area contributed by atoms with Gasteiger partial charge in [0.1, 0.15) is 0 Å². The molecule has 0 N–H and O–H groups in total. The molecule has 0 atom stereocenters. The van der Waals surface area contributed by atoms with Gasteiger partial charge >= 0.3 is 0 Å². The molecule has 0 amide bonds. The standard InChI is InChI=1S/C27H29OP/c1-2-3-4-5-9-16-24(28)23-29(25-17-10-6-11-18-25,26-19-12-7-13-20-26)27-21-14-8-15-22-27/h4-8,10-15,17-23H,2-3,9,16H2,1H3/b5-4-. The van der Waals surface area contributed by atoms with Crippen molar-refractivity contribution in [3.05, 3.63) is 103 Å². The van der Waals surface area contributed by atoms with Gasteiger partial charge in [0.15, 0.2) is 5.78 Å². The first-order valence-electron chi connectivity index (χ1n) is 10.4. The van der Waals surface area contributed by atoms with Crippen molar-refractivity contribution < 1.29 is 4.79 Å². The third-order valence-electron chi connectivity index (χ3n) is 5.01. The summed E-state index contributed by atoms with van der Waals surface area (Å²) in [6, 6.07) is 31.5. The quantitative estimate of drug-likeness (QED) is 0.343. The Morgan fingerprint density at radius 1 is 0.690 bits per heavy atom. The predicted molar refractivity (Wildman–Crippen MR) is 130 cm³/mol. The second-order valence-electron chi connectivity index (χ2n) is 7.12. The Morgan fingerprint density at radius 2 is 1.10 bits per heavy atom. The molecule has 0 spiro atoms. The molecule has 29 heavy (non-hydrogen) atoms. The lowest BCUT2D eigenvalue weighted by atomic mass is 10.2. The van der Waals surface area contributed by atoms with Crippen molar-refractivity contribution in [2.75, 3.05) is 0 Å². The zero-order valence-corrected chi connectivity index (χ0v) is 18.0. The molecule has 0 aliphatic rings. The summed E-state index contributed by atoms with van der Waals surface area (Å²) >= 11 is 0. The van der Waals surface area contributed by atoms with Gasteiger partial charge in [-0.2, -0.15) is 0 Å². The third-order valence-corrected chi connectivity index (χ3v) is 9.02. The monoisotopic (exact) mass is 400 g/mol. The molecule has 0 radical (unpaired) electrons. The van der Waals surface area contributed by atoms with E-state index in [0.29, 0.717) is 6.42 Å². The third kappa shape index (κ3) is 5.25. The first kappa shape index (κ1) is 21.1. The number of benzene rings is 3. The van der Waals surface area contributed by atoms with Gasteiger partial charge in [-0.15, -0.1) is 0 Å². The summed E-state index contributed by atoms with van der Waals surface area (Å²) in [5.74, 6) is 2.26. The number of carbonyl (C=O) groups is 1. The smallest absolute Gasteiger partial charge is 0.157 e. The van der Waals surface area contributed by atoms with Gasteiger partial charge in [0.2, 0.25) is 0 Å². The molecular weight excluding hydrogens is 371 g/mol. The zero-order chi connectivity index (χ0) is 20.4. The highest BCUT2D eigenvalue weighted by molar-refractivity contribution is 7.95. The van der Waals surface area contributed by atoms with Gasteiger partial charge in [-0.1, -0.05) is 116 Å². The van der Waals surface area contributed by atoms with E-state index in [1.54, 1.807) is 0 Å². The predicted octanol–water partition coefficient (Wildman–Crippen LogP) is 5.49. The normalized spacial score (nSPS) is 11.5. The highest BCUT2D eigenvalue weighted by Crippen LogP contribution is 2.43. The Kier molecular flexibility index (Phi) is 7.85. The number of allylic oxidation sites excluding steroid dienone is 2. The topological polar surface area (TPSA) is 17.1 Å². The maximum Gasteiger partial charge on any atom is 0.157 e. The van der Waals surface area contributed by atoms with Crippen molar-refractivity contribution >= 4 is 34.4 Å². The Labute approximate surface area is 175 Å². The van der Waals surface area contributed by atoms with Crippen LogP contribution in [0.15, 0.2) is 103 Å². The van der Waals surface area contributed by atoms with Crippen LogP contribution >= 0.6 is 6.89 Å². The van der Waals surface area contributed by atoms with E-state index in [9.17, 15) is 4.79 Å². The Balaban J connectivity index is 2.14. The summed E-state index contributed by atoms with van der Waals surface area (Å²) < 4.78 is 0. The lowest BCUT2D eigenvalue weighted by Gasteiger charge is -2.28. The van der Waals surface area contributed by atoms with Crippen LogP contribution < -0.4 is 15.9 Å². The molecule has 148 valence electrons. The van der Waals surface area contributed by atoms with E-state index in [4.69, 9.17) is 0 Å². The fraction of sp³-hybridized carbons (Fsp3) is 0.185. The summed E-state index contributed by atoms with van der Waals surface area (Å²) in [6.07, 6.45) is 7.89. The van der Waals surface area contributed by atoms with Gasteiger partial charge < -0.3 is 0 Å². The molecule has 0 unspecified atom stereocenters. The Morgan fingerprint density at radius 3 is 1.52 bits per heavy atom. The average molecular weight is 401 g/mol. The molecule has 2 heteroatoms. The number of unbranched alkanes of at least 4 members (excludes halogenated alkanes) is 1. The van der Waals surface area contributed by atoms with Crippen LogP contribution in [0.5, 0.6) is 0 Å². The van der Waals surface area contributed by atoms with Gasteiger partial charge in [-0.25, -0.2) is 0 Å². The first-order chi connectivity index (χ1) is 14.3. The molecular formula is C27H29OP. The number of carbonyl (C=O) groups excluding carboxylic acids is 1. The largest absolute Gasteiger partial charge is 0.295 e. The summed E-state index contributed by atoms with van der Waals surface area (Å²) in [5, 5.41) is 3.65. The molecule has 0 bridgehead atoms. The maximum atomic E-state index is 13.1. The number of ketones is 1. The Bertz CT molecular complexity index is 869. The fourth-order valence-corrected chi connectivity index (χ4v) is 7.40. The van der Waals surface area contributed by atoms with Crippen molar-refractivity contribution in [1.82, 2.24) is 0 Å². The molecule has 0 aliphatic carbocycles. The lowest BCUT2D eigenvalue weighted by molar-refractivity contribution is -0.112. The van der Waals surface area contributed by atoms with Crippen molar-refractivity contribution in [3.8, 4) is 0 Å². The number of Topliss-reactive ketones (excluding diaryl/α,β-unsaturated/α-hetero) is 1. The van der Waals surface area contributed by atoms with Crippen LogP contribution in [0.1, 0.15) is 32.6 Å². The molecule has 0 aromatic heterocycles. The number of hydrogen-bond donors (Lipinski definition) is 0. The SMILES string of the molecule is CCC/C=C\CCC(=O)C=P(c1ccccc1)(c1ccccc1)c1ccccc1. The maximum absolute atomic E-state index is 13.1. The summed E-state index contributed by atoms with van der Waals surface area (Å²) in [7, 11) is 0. The lowest BCUT2D eigenvalue weighted by Crippen LogP contribution is -2.28. The fourth-order valence-electron chi connectivity index (χ4n) is 3.57. The summed E-state index contributed by atoms with van der Waals surface area (Å²) in [4.78, 5) is 13.1. The van der Waals surface area contributed by atoms with Gasteiger partial charge in [0.05, 0.1) is 0 Å². The minimum atomic E-state index is -2.17. The molecule has 0 saturated carbocycles. The first-order valence-corrected chi connectivity index (χ1v) is 12.2. The van der Waals surface area contributed by atoms with Crippen molar-refractivity contribution in [2.45, 2.75) is 32.6 Å². The molecule has 0 aliphatic heterocycles. The highest BCUT2D eigenvalue weighted by atomic mass is 31.2. The van der Waals surface area contributed by atoms with E-state index >= 15 is 0 Å². The minimum Gasteiger partial charge on any atom is -0.295 e. The van der Waals surface area contributed by atoms with Crippen LogP contribution in [-0.2, 0) is 4.79 Å². The van der Waals surface area contributed by atoms with E-state index in [-0.39, 0.29) is 5.78 Å². The second-order valence-corrected chi connectivity index (χ2v) is 10.4. The van der Waals surface area contributed by atoms with Crippen LogP contribution in [0.25, 0.3) is 0 Å². The van der Waals surface area contributed by atoms with E-state index < -0.39 is 6.89 Å².